The minimum absolute atomic E-state index is 0.237. The van der Waals surface area contributed by atoms with Gasteiger partial charge in [0.2, 0.25) is 0 Å². The van der Waals surface area contributed by atoms with Gasteiger partial charge in [-0.3, -0.25) is 4.79 Å². The molecule has 0 saturated heterocycles. The van der Waals surface area contributed by atoms with E-state index in [9.17, 15) is 4.79 Å². The molecule has 0 aliphatic rings. The number of nitrogens with zero attached hydrogens (tertiary/aromatic N) is 5. The van der Waals surface area contributed by atoms with Gasteiger partial charge in [-0.1, -0.05) is 35.0 Å². The van der Waals surface area contributed by atoms with E-state index in [0.717, 1.165) is 18.4 Å². The maximum Gasteiger partial charge on any atom is 0.257 e. The van der Waals surface area contributed by atoms with Gasteiger partial charge in [-0.2, -0.15) is 10.1 Å². The first kappa shape index (κ1) is 18.1. The Kier molecular flexibility index (Phi) is 5.03. The van der Waals surface area contributed by atoms with Crippen molar-refractivity contribution in [3.63, 3.8) is 0 Å². The highest BCUT2D eigenvalue weighted by Gasteiger charge is 2.22. The molecule has 0 spiro atoms. The molecule has 0 saturated carbocycles. The summed E-state index contributed by atoms with van der Waals surface area (Å²) in [5.74, 6) is 0.777. The van der Waals surface area contributed by atoms with E-state index in [1.807, 2.05) is 24.4 Å². The van der Waals surface area contributed by atoms with Crippen LogP contribution in [-0.4, -0.2) is 37.2 Å². The summed E-state index contributed by atoms with van der Waals surface area (Å²) >= 11 is 6.24. The van der Waals surface area contributed by atoms with E-state index in [1.165, 1.54) is 6.33 Å². The van der Waals surface area contributed by atoms with E-state index in [-0.39, 0.29) is 5.91 Å². The number of aromatic nitrogens is 5. The van der Waals surface area contributed by atoms with Crippen LogP contribution in [0.15, 0.2) is 47.5 Å². The van der Waals surface area contributed by atoms with Crippen LogP contribution >= 0.6 is 11.6 Å². The first-order valence-corrected chi connectivity index (χ1v) is 9.15. The summed E-state index contributed by atoms with van der Waals surface area (Å²) in [5, 5.41) is 11.5. The molecule has 0 unspecified atom stereocenters. The maximum absolute atomic E-state index is 12.7. The van der Waals surface area contributed by atoms with Crippen LogP contribution in [0.4, 0.5) is 0 Å². The number of nitrogens with one attached hydrogen (secondary N) is 1. The number of carbonyl (C=O) groups excluding carboxylic acids is 1. The van der Waals surface area contributed by atoms with E-state index in [1.54, 1.807) is 23.7 Å². The van der Waals surface area contributed by atoms with Gasteiger partial charge in [-0.05, 0) is 31.4 Å². The molecule has 0 atom stereocenters. The van der Waals surface area contributed by atoms with Gasteiger partial charge >= 0.3 is 0 Å². The molecule has 1 amide bonds. The molecule has 1 N–H and O–H groups in total. The normalized spacial score (nSPS) is 11.1. The van der Waals surface area contributed by atoms with E-state index >= 15 is 0 Å². The van der Waals surface area contributed by atoms with Crippen molar-refractivity contribution in [2.24, 2.45) is 0 Å². The zero-order valence-electron chi connectivity index (χ0n) is 15.1. The second kappa shape index (κ2) is 7.77. The Hall–Kier alpha value is -3.26. The zero-order chi connectivity index (χ0) is 19.5. The van der Waals surface area contributed by atoms with Crippen LogP contribution in [0.25, 0.3) is 17.0 Å². The molecule has 1 aromatic carbocycles. The standard InChI is InChI=1S/C19H17ClN6O2/c1-12-16(17(25-28-12)14-6-2-3-7-15(14)20)18(27)21-8-4-5-13-9-22-19-23-11-24-26(19)10-13/h2-3,6-7,9-11H,4-5,8H2,1H3,(H,21,27). The smallest absolute Gasteiger partial charge is 0.257 e. The summed E-state index contributed by atoms with van der Waals surface area (Å²) in [6.45, 7) is 2.21. The quantitative estimate of drug-likeness (QED) is 0.503. The van der Waals surface area contributed by atoms with Crippen molar-refractivity contribution in [2.75, 3.05) is 6.54 Å². The Morgan fingerprint density at radius 1 is 1.29 bits per heavy atom. The van der Waals surface area contributed by atoms with Crippen molar-refractivity contribution in [1.29, 1.82) is 0 Å². The third-order valence-corrected chi connectivity index (χ3v) is 4.66. The molecule has 4 rings (SSSR count). The van der Waals surface area contributed by atoms with Crippen LogP contribution in [0.2, 0.25) is 5.02 Å². The number of hydrogen-bond acceptors (Lipinski definition) is 6. The maximum atomic E-state index is 12.7. The second-order valence-electron chi connectivity index (χ2n) is 6.27. The van der Waals surface area contributed by atoms with E-state index in [2.05, 4.69) is 25.5 Å². The highest BCUT2D eigenvalue weighted by molar-refractivity contribution is 6.33. The molecular formula is C19H17ClN6O2. The summed E-state index contributed by atoms with van der Waals surface area (Å²) in [6, 6.07) is 7.23. The number of hydrogen-bond donors (Lipinski definition) is 1. The van der Waals surface area contributed by atoms with Crippen LogP contribution in [0.1, 0.15) is 28.1 Å². The summed E-state index contributed by atoms with van der Waals surface area (Å²) in [6.07, 6.45) is 6.62. The van der Waals surface area contributed by atoms with Gasteiger partial charge in [0.1, 0.15) is 23.3 Å². The Labute approximate surface area is 165 Å². The van der Waals surface area contributed by atoms with Gasteiger partial charge in [0.05, 0.1) is 5.02 Å². The van der Waals surface area contributed by atoms with Gasteiger partial charge in [-0.25, -0.2) is 9.50 Å². The molecule has 0 fully saturated rings. The fraction of sp³-hybridized carbons (Fsp3) is 0.211. The average Bonchev–Trinajstić information content (AvgIpc) is 3.31. The van der Waals surface area contributed by atoms with Gasteiger partial charge in [-0.15, -0.1) is 0 Å². The minimum atomic E-state index is -0.237. The minimum Gasteiger partial charge on any atom is -0.360 e. The molecule has 0 bridgehead atoms. The lowest BCUT2D eigenvalue weighted by atomic mass is 10.1. The molecule has 142 valence electrons. The summed E-state index contributed by atoms with van der Waals surface area (Å²) in [4.78, 5) is 20.9. The van der Waals surface area contributed by atoms with Crippen LogP contribution in [0.3, 0.4) is 0 Å². The predicted octanol–water partition coefficient (Wildman–Crippen LogP) is 3.10. The lowest BCUT2D eigenvalue weighted by Gasteiger charge is -2.07. The molecule has 4 aromatic rings. The van der Waals surface area contributed by atoms with Crippen molar-refractivity contribution < 1.29 is 9.32 Å². The van der Waals surface area contributed by atoms with E-state index in [0.29, 0.717) is 39.9 Å². The van der Waals surface area contributed by atoms with Crippen molar-refractivity contribution >= 4 is 23.3 Å². The van der Waals surface area contributed by atoms with E-state index in [4.69, 9.17) is 16.1 Å². The number of fused-ring (bicyclic) bond motifs is 1. The van der Waals surface area contributed by atoms with Gasteiger partial charge < -0.3 is 9.84 Å². The Balaban J connectivity index is 1.40. The fourth-order valence-electron chi connectivity index (χ4n) is 2.95. The van der Waals surface area contributed by atoms with Crippen molar-refractivity contribution in [3.8, 4) is 11.3 Å². The lowest BCUT2D eigenvalue weighted by molar-refractivity contribution is 0.0952. The highest BCUT2D eigenvalue weighted by atomic mass is 35.5. The Morgan fingerprint density at radius 2 is 2.14 bits per heavy atom. The zero-order valence-corrected chi connectivity index (χ0v) is 15.8. The molecule has 3 heterocycles. The van der Waals surface area contributed by atoms with Crippen LogP contribution in [0, 0.1) is 6.92 Å². The number of amides is 1. The van der Waals surface area contributed by atoms with Crippen molar-refractivity contribution in [1.82, 2.24) is 30.1 Å². The number of rotatable bonds is 6. The molecule has 3 aromatic heterocycles. The molecule has 0 radical (unpaired) electrons. The molecule has 9 heteroatoms. The largest absolute Gasteiger partial charge is 0.360 e. The number of benzene rings is 1. The van der Waals surface area contributed by atoms with E-state index < -0.39 is 0 Å². The lowest BCUT2D eigenvalue weighted by Crippen LogP contribution is -2.25. The molecular weight excluding hydrogens is 380 g/mol. The van der Waals surface area contributed by atoms with Crippen molar-refractivity contribution in [2.45, 2.75) is 19.8 Å². The van der Waals surface area contributed by atoms with Crippen LogP contribution in [0.5, 0.6) is 0 Å². The summed E-state index contributed by atoms with van der Waals surface area (Å²) in [5.41, 5.74) is 2.53. The van der Waals surface area contributed by atoms with Gasteiger partial charge in [0.25, 0.3) is 11.7 Å². The topological polar surface area (TPSA) is 98.2 Å². The van der Waals surface area contributed by atoms with Crippen LogP contribution in [-0.2, 0) is 6.42 Å². The first-order chi connectivity index (χ1) is 13.6. The Morgan fingerprint density at radius 3 is 3.00 bits per heavy atom. The fourth-order valence-corrected chi connectivity index (χ4v) is 3.17. The number of carbonyl (C=O) groups is 1. The molecule has 8 nitrogen and oxygen atoms in total. The number of aryl methyl sites for hydroxylation is 2. The van der Waals surface area contributed by atoms with Crippen LogP contribution < -0.4 is 5.32 Å². The third-order valence-electron chi connectivity index (χ3n) is 4.33. The average molecular weight is 397 g/mol. The second-order valence-corrected chi connectivity index (χ2v) is 6.68. The first-order valence-electron chi connectivity index (χ1n) is 8.77. The highest BCUT2D eigenvalue weighted by Crippen LogP contribution is 2.30. The molecule has 28 heavy (non-hydrogen) atoms. The summed E-state index contributed by atoms with van der Waals surface area (Å²) in [7, 11) is 0. The SMILES string of the molecule is Cc1onc(-c2ccccc2Cl)c1C(=O)NCCCc1cnc2ncnn2c1. The molecule has 0 aliphatic carbocycles. The van der Waals surface area contributed by atoms with Crippen molar-refractivity contribution in [3.05, 3.63) is 64.9 Å². The monoisotopic (exact) mass is 396 g/mol. The third kappa shape index (κ3) is 3.59. The predicted molar refractivity (Wildman–Crippen MR) is 103 cm³/mol. The molecule has 0 aliphatic heterocycles. The van der Waals surface area contributed by atoms with Gasteiger partial charge in [0.15, 0.2) is 0 Å². The Bertz CT molecular complexity index is 1140. The summed E-state index contributed by atoms with van der Waals surface area (Å²) < 4.78 is 6.87. The van der Waals surface area contributed by atoms with Gasteiger partial charge in [0, 0.05) is 24.5 Å². The number of halogens is 1.